The summed E-state index contributed by atoms with van der Waals surface area (Å²) < 4.78 is 0. The molecule has 0 unspecified atom stereocenters. The van der Waals surface area contributed by atoms with E-state index in [1.165, 1.54) is 66.1 Å². The van der Waals surface area contributed by atoms with Gasteiger partial charge in [-0.05, 0) is 10.8 Å². The van der Waals surface area contributed by atoms with Crippen LogP contribution in [0.15, 0.2) is 36.4 Å². The molecule has 4 aromatic rings. The summed E-state index contributed by atoms with van der Waals surface area (Å²) in [5.41, 5.74) is 11.7. The Bertz CT molecular complexity index is 1350. The van der Waals surface area contributed by atoms with Crippen molar-refractivity contribution in [3.63, 3.8) is 0 Å². The number of halogens is 2. The van der Waals surface area contributed by atoms with Crippen LogP contribution in [-0.4, -0.2) is 5.43 Å². The molecule has 0 radical (unpaired) electrons. The SMILES string of the molecule is C[Si](C)=[Zr]([Cl])[Cl].Cc1[cH-]c2c(C)ccc(C(C)(C)C)c2c1C.Cc1[cH-]c2c(C)ccc(C(C)(C)C)c2c1C. The first-order valence-corrected chi connectivity index (χ1v) is 26.1. The molecule has 0 nitrogen and oxygen atoms in total. The zero-order valence-corrected chi connectivity index (χ0v) is 31.2. The summed E-state index contributed by atoms with van der Waals surface area (Å²) in [4.78, 5) is 0. The molecule has 0 saturated carbocycles. The Balaban J connectivity index is 0.000000221. The Kier molecular flexibility index (Phi) is 11.4. The van der Waals surface area contributed by atoms with Gasteiger partial charge in [-0.25, -0.2) is 0 Å². The third-order valence-electron chi connectivity index (χ3n) is 7.58. The summed E-state index contributed by atoms with van der Waals surface area (Å²) in [6, 6.07) is 13.8. The number of hydrogen-bond donors (Lipinski definition) is 0. The minimum Gasteiger partial charge on any atom is -0.153 e. The minimum absolute atomic E-state index is 0.220. The van der Waals surface area contributed by atoms with Crippen molar-refractivity contribution in [1.29, 1.82) is 0 Å². The van der Waals surface area contributed by atoms with Gasteiger partial charge in [-0.2, -0.15) is 11.1 Å². The van der Waals surface area contributed by atoms with E-state index in [1.54, 1.807) is 0 Å². The quantitative estimate of drug-likeness (QED) is 0.132. The maximum absolute atomic E-state index is 5.62. The first kappa shape index (κ1) is 33.5. The van der Waals surface area contributed by atoms with Gasteiger partial charge in [0.25, 0.3) is 0 Å². The zero-order valence-electron chi connectivity index (χ0n) is 26.2. The van der Waals surface area contributed by atoms with E-state index in [4.69, 9.17) is 17.0 Å². The predicted molar refractivity (Wildman–Crippen MR) is 174 cm³/mol. The molecule has 0 aliphatic rings. The summed E-state index contributed by atoms with van der Waals surface area (Å²) in [7, 11) is 11.2. The molecule has 0 spiro atoms. The van der Waals surface area contributed by atoms with Gasteiger partial charge in [0.2, 0.25) is 0 Å². The molecule has 4 rings (SSSR count). The van der Waals surface area contributed by atoms with Crippen LogP contribution in [0, 0.1) is 41.5 Å². The fourth-order valence-corrected chi connectivity index (χ4v) is 4.92. The van der Waals surface area contributed by atoms with Crippen molar-refractivity contribution in [2.45, 2.75) is 107 Å². The molecule has 4 aromatic carbocycles. The second-order valence-corrected chi connectivity index (χ2v) is 36.1. The third-order valence-corrected chi connectivity index (χ3v) is 27.3. The zero-order chi connectivity index (χ0) is 29.3. The van der Waals surface area contributed by atoms with Gasteiger partial charge in [-0.15, -0.1) is 68.1 Å². The number of fused-ring (bicyclic) bond motifs is 2. The van der Waals surface area contributed by atoms with Crippen molar-refractivity contribution >= 4 is 44.0 Å². The Morgan fingerprint density at radius 2 is 0.895 bits per heavy atom. The van der Waals surface area contributed by atoms with Gasteiger partial charge >= 0.3 is 53.5 Å². The molecule has 0 bridgehead atoms. The van der Waals surface area contributed by atoms with E-state index >= 15 is 0 Å². The molecule has 0 fully saturated rings. The Hall–Kier alpha value is -0.660. The van der Waals surface area contributed by atoms with E-state index in [0.29, 0.717) is 0 Å². The van der Waals surface area contributed by atoms with E-state index in [1.807, 2.05) is 0 Å². The van der Waals surface area contributed by atoms with Crippen LogP contribution in [-0.2, 0) is 28.8 Å². The first-order chi connectivity index (χ1) is 17.3. The van der Waals surface area contributed by atoms with Gasteiger partial charge < -0.3 is 0 Å². The van der Waals surface area contributed by atoms with Crippen LogP contribution in [0.4, 0.5) is 0 Å². The largest absolute Gasteiger partial charge is 0.153 e. The van der Waals surface area contributed by atoms with E-state index in [-0.39, 0.29) is 16.3 Å². The van der Waals surface area contributed by atoms with Crippen LogP contribution < -0.4 is 0 Å². The molecule has 0 N–H and O–H groups in total. The van der Waals surface area contributed by atoms with Crippen LogP contribution in [0.3, 0.4) is 0 Å². The topological polar surface area (TPSA) is 0 Å². The molecule has 4 heteroatoms. The smallest absolute Gasteiger partial charge is 0.0220 e. The van der Waals surface area contributed by atoms with Gasteiger partial charge in [0, 0.05) is 0 Å². The number of rotatable bonds is 0. The van der Waals surface area contributed by atoms with Crippen molar-refractivity contribution < 1.29 is 18.0 Å². The second kappa shape index (κ2) is 12.9. The molecule has 0 aromatic heterocycles. The Labute approximate surface area is 248 Å². The number of hydrogen-bond acceptors (Lipinski definition) is 0. The van der Waals surface area contributed by atoms with Crippen molar-refractivity contribution in [3.8, 4) is 0 Å². The van der Waals surface area contributed by atoms with Crippen LogP contribution in [0.2, 0.25) is 13.1 Å². The predicted octanol–water partition coefficient (Wildman–Crippen LogP) is 11.7. The number of aryl methyl sites for hydroxylation is 6. The summed E-state index contributed by atoms with van der Waals surface area (Å²) >= 11 is -1.65. The summed E-state index contributed by atoms with van der Waals surface area (Å²) in [6.07, 6.45) is 0. The normalized spacial score (nSPS) is 11.7. The third kappa shape index (κ3) is 7.75. The van der Waals surface area contributed by atoms with Gasteiger partial charge in [-0.3, -0.25) is 0 Å². The van der Waals surface area contributed by atoms with E-state index in [9.17, 15) is 0 Å². The standard InChI is InChI=1S/2C16H21.C2H6Si.2ClH.Zr/c2*1-10-7-8-14(16(4,5)6)15-12(3)11(2)9-13(10)15;1-3-2;;;/h2*7-9H,1-6H3;1-2H3;2*1H;/q2*-1;;;;+2/p-2. The average Bonchev–Trinajstić information content (AvgIpc) is 3.25. The molecule has 0 amide bonds. The fraction of sp³-hybridized carbons (Fsp3) is 0.471. The van der Waals surface area contributed by atoms with Crippen molar-refractivity contribution in [1.82, 2.24) is 0 Å². The number of benzene rings is 2. The molecule has 0 aliphatic carbocycles. The van der Waals surface area contributed by atoms with Gasteiger partial charge in [0.1, 0.15) is 0 Å². The molecule has 208 valence electrons. The van der Waals surface area contributed by atoms with Gasteiger partial charge in [-0.1, -0.05) is 106 Å². The van der Waals surface area contributed by atoms with Crippen LogP contribution in [0.5, 0.6) is 0 Å². The monoisotopic (exact) mass is 644 g/mol. The van der Waals surface area contributed by atoms with Gasteiger partial charge in [0.15, 0.2) is 0 Å². The van der Waals surface area contributed by atoms with Gasteiger partial charge in [0.05, 0.1) is 0 Å². The molecule has 38 heavy (non-hydrogen) atoms. The fourth-order valence-electron chi connectivity index (χ4n) is 4.92. The summed E-state index contributed by atoms with van der Waals surface area (Å²) in [5, 5.41) is 5.82. The van der Waals surface area contributed by atoms with E-state index in [0.717, 1.165) is 0 Å². The molecular formula is C34H48Cl2SiZr-2. The maximum Gasteiger partial charge on any atom is -0.0220 e. The van der Waals surface area contributed by atoms with Crippen molar-refractivity contribution in [3.05, 3.63) is 80.9 Å². The van der Waals surface area contributed by atoms with E-state index < -0.39 is 18.0 Å². The Morgan fingerprint density at radius 3 is 1.13 bits per heavy atom. The van der Waals surface area contributed by atoms with Crippen LogP contribution in [0.25, 0.3) is 21.5 Å². The molecule has 0 atom stereocenters. The molecule has 0 saturated heterocycles. The van der Waals surface area contributed by atoms with Crippen molar-refractivity contribution in [2.75, 3.05) is 0 Å². The first-order valence-electron chi connectivity index (χ1n) is 13.6. The van der Waals surface area contributed by atoms with E-state index in [2.05, 4.69) is 133 Å². The molecule has 0 heterocycles. The van der Waals surface area contributed by atoms with Crippen LogP contribution >= 0.6 is 17.0 Å². The van der Waals surface area contributed by atoms with Crippen LogP contribution in [0.1, 0.15) is 86.1 Å². The minimum atomic E-state index is -1.65. The van der Waals surface area contributed by atoms with Crippen molar-refractivity contribution in [2.24, 2.45) is 0 Å². The average molecular weight is 647 g/mol. The summed E-state index contributed by atoms with van der Waals surface area (Å²) in [6.45, 7) is 31.4. The summed E-state index contributed by atoms with van der Waals surface area (Å²) in [5.74, 6) is 0. The maximum atomic E-state index is 5.62. The Morgan fingerprint density at radius 1 is 0.605 bits per heavy atom. The molecular weight excluding hydrogens is 599 g/mol. The second-order valence-electron chi connectivity index (χ2n) is 13.1. The molecule has 0 aliphatic heterocycles.